The Morgan fingerprint density at radius 2 is 1.21 bits per heavy atom. The standard InChI is InChI=1S/C14H30O5/c1-3-9-17-11-13(5-7-15)19-14(6-8-16)12-18-10-4-2/h13-16H,3-12H2,1-2H3. The van der Waals surface area contributed by atoms with Gasteiger partial charge in [0, 0.05) is 26.4 Å². The minimum Gasteiger partial charge on any atom is -0.396 e. The molecule has 0 aliphatic carbocycles. The van der Waals surface area contributed by atoms with Gasteiger partial charge in [-0.25, -0.2) is 0 Å². The normalized spacial score (nSPS) is 14.5. The van der Waals surface area contributed by atoms with Gasteiger partial charge in [0.1, 0.15) is 0 Å². The maximum Gasteiger partial charge on any atom is 0.0835 e. The average molecular weight is 278 g/mol. The lowest BCUT2D eigenvalue weighted by Gasteiger charge is -2.24. The molecule has 116 valence electrons. The van der Waals surface area contributed by atoms with Crippen LogP contribution < -0.4 is 0 Å². The van der Waals surface area contributed by atoms with Gasteiger partial charge in [-0.1, -0.05) is 13.8 Å². The van der Waals surface area contributed by atoms with Crippen LogP contribution >= 0.6 is 0 Å². The average Bonchev–Trinajstić information content (AvgIpc) is 2.39. The van der Waals surface area contributed by atoms with Crippen LogP contribution in [-0.4, -0.2) is 62.1 Å². The molecule has 0 aromatic rings. The maximum atomic E-state index is 9.03. The molecule has 2 atom stereocenters. The molecule has 2 N–H and O–H groups in total. The summed E-state index contributed by atoms with van der Waals surface area (Å²) in [6.45, 7) is 6.59. The Hall–Kier alpha value is -0.200. The van der Waals surface area contributed by atoms with Gasteiger partial charge in [0.25, 0.3) is 0 Å². The van der Waals surface area contributed by atoms with Crippen LogP contribution in [0.2, 0.25) is 0 Å². The molecule has 0 spiro atoms. The van der Waals surface area contributed by atoms with Crippen molar-refractivity contribution in [1.29, 1.82) is 0 Å². The fourth-order valence-electron chi connectivity index (χ4n) is 1.66. The van der Waals surface area contributed by atoms with Gasteiger partial charge in [-0.05, 0) is 25.7 Å². The second-order valence-corrected chi connectivity index (χ2v) is 4.55. The smallest absolute Gasteiger partial charge is 0.0835 e. The topological polar surface area (TPSA) is 68.2 Å². The van der Waals surface area contributed by atoms with E-state index in [0.29, 0.717) is 39.3 Å². The number of aliphatic hydroxyl groups is 2. The van der Waals surface area contributed by atoms with E-state index in [1.165, 1.54) is 0 Å². The summed E-state index contributed by atoms with van der Waals surface area (Å²) in [6.07, 6.45) is 2.73. The Morgan fingerprint density at radius 3 is 1.53 bits per heavy atom. The van der Waals surface area contributed by atoms with Crippen molar-refractivity contribution >= 4 is 0 Å². The first-order valence-electron chi connectivity index (χ1n) is 7.31. The van der Waals surface area contributed by atoms with Gasteiger partial charge in [0.2, 0.25) is 0 Å². The van der Waals surface area contributed by atoms with Gasteiger partial charge in [-0.3, -0.25) is 0 Å². The Morgan fingerprint density at radius 1 is 0.789 bits per heavy atom. The van der Waals surface area contributed by atoms with E-state index in [2.05, 4.69) is 13.8 Å². The molecule has 5 nitrogen and oxygen atoms in total. The highest BCUT2D eigenvalue weighted by Crippen LogP contribution is 2.08. The van der Waals surface area contributed by atoms with Crippen LogP contribution in [0.1, 0.15) is 39.5 Å². The fraction of sp³-hybridized carbons (Fsp3) is 1.00. The first-order chi connectivity index (χ1) is 9.28. The Labute approximate surface area is 116 Å². The van der Waals surface area contributed by atoms with Crippen molar-refractivity contribution in [3.05, 3.63) is 0 Å². The van der Waals surface area contributed by atoms with Crippen LogP contribution in [0.3, 0.4) is 0 Å². The van der Waals surface area contributed by atoms with E-state index < -0.39 is 0 Å². The second-order valence-electron chi connectivity index (χ2n) is 4.55. The molecule has 0 aromatic carbocycles. The van der Waals surface area contributed by atoms with Crippen molar-refractivity contribution in [1.82, 2.24) is 0 Å². The monoisotopic (exact) mass is 278 g/mol. The summed E-state index contributed by atoms with van der Waals surface area (Å²) in [5.41, 5.74) is 0. The van der Waals surface area contributed by atoms with Crippen molar-refractivity contribution in [3.63, 3.8) is 0 Å². The zero-order chi connectivity index (χ0) is 14.3. The molecule has 0 aliphatic heterocycles. The number of ether oxygens (including phenoxy) is 3. The van der Waals surface area contributed by atoms with E-state index in [1.54, 1.807) is 0 Å². The third-order valence-electron chi connectivity index (χ3n) is 2.59. The summed E-state index contributed by atoms with van der Waals surface area (Å²) < 4.78 is 16.8. The molecular weight excluding hydrogens is 248 g/mol. The van der Waals surface area contributed by atoms with Gasteiger partial charge in [0.15, 0.2) is 0 Å². The molecule has 2 unspecified atom stereocenters. The van der Waals surface area contributed by atoms with Crippen molar-refractivity contribution < 1.29 is 24.4 Å². The second kappa shape index (κ2) is 14.2. The molecule has 0 saturated heterocycles. The zero-order valence-corrected chi connectivity index (χ0v) is 12.3. The summed E-state index contributed by atoms with van der Waals surface area (Å²) in [4.78, 5) is 0. The van der Waals surface area contributed by atoms with Crippen molar-refractivity contribution in [2.45, 2.75) is 51.7 Å². The Kier molecular flexibility index (Phi) is 14.1. The van der Waals surface area contributed by atoms with Crippen LogP contribution in [0.4, 0.5) is 0 Å². The molecule has 0 saturated carbocycles. The van der Waals surface area contributed by atoms with E-state index in [0.717, 1.165) is 12.8 Å². The summed E-state index contributed by atoms with van der Waals surface area (Å²) in [6, 6.07) is 0. The largest absolute Gasteiger partial charge is 0.396 e. The third kappa shape index (κ3) is 11.3. The number of hydrogen-bond acceptors (Lipinski definition) is 5. The molecule has 0 aromatic heterocycles. The first kappa shape index (κ1) is 18.8. The summed E-state index contributed by atoms with van der Waals surface area (Å²) in [5, 5.41) is 18.1. The van der Waals surface area contributed by atoms with E-state index in [1.807, 2.05) is 0 Å². The minimum absolute atomic E-state index is 0.0712. The quantitative estimate of drug-likeness (QED) is 0.470. The number of hydrogen-bond donors (Lipinski definition) is 2. The highest BCUT2D eigenvalue weighted by atomic mass is 16.6. The van der Waals surface area contributed by atoms with Crippen LogP contribution in [0, 0.1) is 0 Å². The fourth-order valence-corrected chi connectivity index (χ4v) is 1.66. The van der Waals surface area contributed by atoms with E-state index in [4.69, 9.17) is 24.4 Å². The molecular formula is C14H30O5. The number of rotatable bonds is 14. The van der Waals surface area contributed by atoms with Crippen LogP contribution in [0.5, 0.6) is 0 Å². The molecule has 0 radical (unpaired) electrons. The lowest BCUT2D eigenvalue weighted by Crippen LogP contribution is -2.31. The molecule has 0 heterocycles. The predicted octanol–water partition coefficient (Wildman–Crippen LogP) is 1.36. The van der Waals surface area contributed by atoms with Crippen LogP contribution in [0.25, 0.3) is 0 Å². The maximum absolute atomic E-state index is 9.03. The van der Waals surface area contributed by atoms with Gasteiger partial charge in [-0.15, -0.1) is 0 Å². The molecule has 0 rings (SSSR count). The SMILES string of the molecule is CCCOCC(CCO)OC(CCO)COCCC. The predicted molar refractivity (Wildman–Crippen MR) is 74.3 cm³/mol. The van der Waals surface area contributed by atoms with Crippen molar-refractivity contribution in [3.8, 4) is 0 Å². The first-order valence-corrected chi connectivity index (χ1v) is 7.31. The molecule has 0 bridgehead atoms. The summed E-state index contributed by atoms with van der Waals surface area (Å²) in [7, 11) is 0. The molecule has 5 heteroatoms. The summed E-state index contributed by atoms with van der Waals surface area (Å²) >= 11 is 0. The van der Waals surface area contributed by atoms with Crippen LogP contribution in [-0.2, 0) is 14.2 Å². The molecule has 19 heavy (non-hydrogen) atoms. The third-order valence-corrected chi connectivity index (χ3v) is 2.59. The van der Waals surface area contributed by atoms with E-state index in [-0.39, 0.29) is 25.4 Å². The van der Waals surface area contributed by atoms with Crippen molar-refractivity contribution in [2.75, 3.05) is 39.6 Å². The highest BCUT2D eigenvalue weighted by molar-refractivity contribution is 4.63. The zero-order valence-electron chi connectivity index (χ0n) is 12.3. The lowest BCUT2D eigenvalue weighted by atomic mass is 10.2. The van der Waals surface area contributed by atoms with Gasteiger partial charge in [0.05, 0.1) is 25.4 Å². The molecule has 0 aliphatic rings. The van der Waals surface area contributed by atoms with Gasteiger partial charge >= 0.3 is 0 Å². The molecule has 0 fully saturated rings. The highest BCUT2D eigenvalue weighted by Gasteiger charge is 2.16. The Bertz CT molecular complexity index is 159. The van der Waals surface area contributed by atoms with Gasteiger partial charge in [-0.2, -0.15) is 0 Å². The lowest BCUT2D eigenvalue weighted by molar-refractivity contribution is -0.0970. The summed E-state index contributed by atoms with van der Waals surface area (Å²) in [5.74, 6) is 0. The van der Waals surface area contributed by atoms with Crippen LogP contribution in [0.15, 0.2) is 0 Å². The number of aliphatic hydroxyl groups excluding tert-OH is 2. The molecule has 0 amide bonds. The van der Waals surface area contributed by atoms with Crippen molar-refractivity contribution in [2.24, 2.45) is 0 Å². The Balaban J connectivity index is 4.05. The van der Waals surface area contributed by atoms with E-state index >= 15 is 0 Å². The van der Waals surface area contributed by atoms with Gasteiger partial charge < -0.3 is 24.4 Å². The van der Waals surface area contributed by atoms with E-state index in [9.17, 15) is 0 Å². The minimum atomic E-state index is -0.140.